The summed E-state index contributed by atoms with van der Waals surface area (Å²) in [5.74, 6) is 0.0701. The van der Waals surface area contributed by atoms with E-state index in [4.69, 9.17) is 4.74 Å². The van der Waals surface area contributed by atoms with Crippen LogP contribution in [0.1, 0.15) is 27.7 Å². The fourth-order valence-corrected chi connectivity index (χ4v) is 0.999. The number of carbonyl (C=O) groups is 1. The maximum absolute atomic E-state index is 11.2. The maximum atomic E-state index is 11.2. The number of nitrogens with one attached hydrogen (secondary N) is 1. The third-order valence-corrected chi connectivity index (χ3v) is 1.89. The van der Waals surface area contributed by atoms with Crippen molar-refractivity contribution >= 4 is 5.91 Å². The van der Waals surface area contributed by atoms with Gasteiger partial charge in [0.2, 0.25) is 5.91 Å². The molecule has 0 bridgehead atoms. The summed E-state index contributed by atoms with van der Waals surface area (Å²) in [7, 11) is 1.62. The lowest BCUT2D eigenvalue weighted by Gasteiger charge is -2.16. The van der Waals surface area contributed by atoms with Gasteiger partial charge >= 0.3 is 0 Å². The van der Waals surface area contributed by atoms with Gasteiger partial charge in [-0.1, -0.05) is 27.7 Å². The molecule has 0 unspecified atom stereocenters. The fraction of sp³-hybridized carbons (Fsp3) is 0.909. The van der Waals surface area contributed by atoms with E-state index >= 15 is 0 Å². The van der Waals surface area contributed by atoms with E-state index in [0.29, 0.717) is 19.7 Å². The van der Waals surface area contributed by atoms with Crippen LogP contribution in [0.3, 0.4) is 0 Å². The van der Waals surface area contributed by atoms with Gasteiger partial charge in [0, 0.05) is 13.7 Å². The highest BCUT2D eigenvalue weighted by atomic mass is 16.5. The number of ether oxygens (including phenoxy) is 1. The molecule has 1 N–H and O–H groups in total. The molecule has 0 saturated carbocycles. The zero-order valence-corrected chi connectivity index (χ0v) is 10.8. The molecule has 1 amide bonds. The molecule has 0 aliphatic carbocycles. The van der Waals surface area contributed by atoms with Gasteiger partial charge in [-0.15, -0.1) is 0 Å². The predicted octanol–water partition coefficient (Wildman–Crippen LogP) is 1.12. The molecule has 0 aliphatic rings. The first-order valence-electron chi connectivity index (χ1n) is 5.72. The van der Waals surface area contributed by atoms with Gasteiger partial charge in [0.25, 0.3) is 0 Å². The van der Waals surface area contributed by atoms with E-state index in [1.54, 1.807) is 7.11 Å². The highest BCUT2D eigenvalue weighted by molar-refractivity contribution is 5.77. The summed E-state index contributed by atoms with van der Waals surface area (Å²) >= 11 is 0. The molecule has 0 rings (SSSR count). The molecule has 0 fully saturated rings. The first-order chi connectivity index (χ1) is 7.24. The Bertz CT molecular complexity index is 137. The molecule has 0 radical (unpaired) electrons. The van der Waals surface area contributed by atoms with Crippen molar-refractivity contribution in [2.24, 2.45) is 0 Å². The van der Waals surface area contributed by atoms with Crippen LogP contribution in [0.2, 0.25) is 0 Å². The van der Waals surface area contributed by atoms with Crippen LogP contribution >= 0.6 is 0 Å². The molecular weight excluding hydrogens is 192 g/mol. The molecular formula is C11H26N2O2. The summed E-state index contributed by atoms with van der Waals surface area (Å²) in [4.78, 5) is 13.3. The molecule has 4 nitrogen and oxygen atoms in total. The van der Waals surface area contributed by atoms with Crippen LogP contribution < -0.4 is 5.32 Å². The summed E-state index contributed by atoms with van der Waals surface area (Å²) in [6.07, 6.45) is 0. The van der Waals surface area contributed by atoms with Gasteiger partial charge in [0.1, 0.15) is 0 Å². The Morgan fingerprint density at radius 3 is 2.20 bits per heavy atom. The van der Waals surface area contributed by atoms with Crippen molar-refractivity contribution in [3.8, 4) is 0 Å². The van der Waals surface area contributed by atoms with Crippen LogP contribution in [0.5, 0.6) is 0 Å². The van der Waals surface area contributed by atoms with E-state index in [0.717, 1.165) is 13.1 Å². The maximum Gasteiger partial charge on any atom is 0.234 e. The molecule has 0 aliphatic heterocycles. The largest absolute Gasteiger partial charge is 0.383 e. The number of hydrogen-bond acceptors (Lipinski definition) is 3. The number of likely N-dealkylation sites (N-methyl/N-ethyl adjacent to an activating group) is 1. The number of carbonyl (C=O) groups excluding carboxylic acids is 1. The summed E-state index contributed by atoms with van der Waals surface area (Å²) < 4.78 is 4.82. The first-order valence-corrected chi connectivity index (χ1v) is 5.72. The van der Waals surface area contributed by atoms with Crippen LogP contribution in [-0.2, 0) is 9.53 Å². The van der Waals surface area contributed by atoms with Gasteiger partial charge in [0.05, 0.1) is 13.2 Å². The molecule has 0 aromatic rings. The topological polar surface area (TPSA) is 41.6 Å². The highest BCUT2D eigenvalue weighted by Gasteiger charge is 2.05. The van der Waals surface area contributed by atoms with E-state index in [9.17, 15) is 4.79 Å². The van der Waals surface area contributed by atoms with Crippen LogP contribution in [-0.4, -0.2) is 50.7 Å². The van der Waals surface area contributed by atoms with Gasteiger partial charge in [-0.05, 0) is 13.1 Å². The molecule has 0 aromatic carbocycles. The van der Waals surface area contributed by atoms with Gasteiger partial charge in [0.15, 0.2) is 0 Å². The summed E-state index contributed by atoms with van der Waals surface area (Å²) in [6.45, 7) is 11.6. The van der Waals surface area contributed by atoms with E-state index in [-0.39, 0.29) is 5.91 Å². The average Bonchev–Trinajstić information content (AvgIpc) is 2.29. The Kier molecular flexibility index (Phi) is 15.0. The molecule has 15 heavy (non-hydrogen) atoms. The lowest BCUT2D eigenvalue weighted by Crippen LogP contribution is -2.38. The molecule has 92 valence electrons. The third kappa shape index (κ3) is 11.3. The molecule has 4 heteroatoms. The smallest absolute Gasteiger partial charge is 0.234 e. The second-order valence-corrected chi connectivity index (χ2v) is 2.80. The SMILES string of the molecule is CC.CCN(CC)CC(=O)NCCOC. The summed E-state index contributed by atoms with van der Waals surface area (Å²) in [6, 6.07) is 0. The van der Waals surface area contributed by atoms with Crippen molar-refractivity contribution in [2.75, 3.05) is 39.9 Å². The van der Waals surface area contributed by atoms with Gasteiger partial charge in [-0.3, -0.25) is 9.69 Å². The molecule has 0 heterocycles. The minimum atomic E-state index is 0.0701. The zero-order valence-electron chi connectivity index (χ0n) is 10.8. The Morgan fingerprint density at radius 2 is 1.80 bits per heavy atom. The Hall–Kier alpha value is -0.610. The number of hydrogen-bond donors (Lipinski definition) is 1. The number of nitrogens with zero attached hydrogens (tertiary/aromatic N) is 1. The standard InChI is InChI=1S/C9H20N2O2.C2H6/c1-4-11(5-2)8-9(12)10-6-7-13-3;1-2/h4-8H2,1-3H3,(H,10,12);1-2H3. The predicted molar refractivity (Wildman–Crippen MR) is 64.0 cm³/mol. The van der Waals surface area contributed by atoms with Gasteiger partial charge < -0.3 is 10.1 Å². The lowest BCUT2D eigenvalue weighted by molar-refractivity contribution is -0.122. The average molecular weight is 218 g/mol. The van der Waals surface area contributed by atoms with Crippen molar-refractivity contribution in [3.63, 3.8) is 0 Å². The van der Waals surface area contributed by atoms with Crippen molar-refractivity contribution < 1.29 is 9.53 Å². The lowest BCUT2D eigenvalue weighted by atomic mass is 10.4. The highest BCUT2D eigenvalue weighted by Crippen LogP contribution is 1.85. The molecule has 0 spiro atoms. The minimum Gasteiger partial charge on any atom is -0.383 e. The Morgan fingerprint density at radius 1 is 1.27 bits per heavy atom. The second kappa shape index (κ2) is 13.4. The van der Waals surface area contributed by atoms with E-state index in [2.05, 4.69) is 10.2 Å². The van der Waals surface area contributed by atoms with Crippen LogP contribution in [0, 0.1) is 0 Å². The van der Waals surface area contributed by atoms with Crippen molar-refractivity contribution in [2.45, 2.75) is 27.7 Å². The quantitative estimate of drug-likeness (QED) is 0.651. The molecule has 0 saturated heterocycles. The third-order valence-electron chi connectivity index (χ3n) is 1.89. The summed E-state index contributed by atoms with van der Waals surface area (Å²) in [5.41, 5.74) is 0. The van der Waals surface area contributed by atoms with Crippen molar-refractivity contribution in [1.82, 2.24) is 10.2 Å². The summed E-state index contributed by atoms with van der Waals surface area (Å²) in [5, 5.41) is 2.78. The number of amides is 1. The van der Waals surface area contributed by atoms with Gasteiger partial charge in [-0.25, -0.2) is 0 Å². The number of methoxy groups -OCH3 is 1. The van der Waals surface area contributed by atoms with Gasteiger partial charge in [-0.2, -0.15) is 0 Å². The van der Waals surface area contributed by atoms with E-state index < -0.39 is 0 Å². The van der Waals surface area contributed by atoms with Crippen LogP contribution in [0.4, 0.5) is 0 Å². The van der Waals surface area contributed by atoms with Crippen molar-refractivity contribution in [3.05, 3.63) is 0 Å². The molecule has 0 aromatic heterocycles. The normalized spacial score (nSPS) is 9.47. The minimum absolute atomic E-state index is 0.0701. The first kappa shape index (κ1) is 16.8. The zero-order chi connectivity index (χ0) is 12.1. The Balaban J connectivity index is 0. The van der Waals surface area contributed by atoms with E-state index in [1.807, 2.05) is 27.7 Å². The fourth-order valence-electron chi connectivity index (χ4n) is 0.999. The number of rotatable bonds is 7. The van der Waals surface area contributed by atoms with Crippen molar-refractivity contribution in [1.29, 1.82) is 0 Å². The second-order valence-electron chi connectivity index (χ2n) is 2.80. The monoisotopic (exact) mass is 218 g/mol. The van der Waals surface area contributed by atoms with Crippen LogP contribution in [0.25, 0.3) is 0 Å². The van der Waals surface area contributed by atoms with E-state index in [1.165, 1.54) is 0 Å². The van der Waals surface area contributed by atoms with Crippen LogP contribution in [0.15, 0.2) is 0 Å². The Labute approximate surface area is 94.0 Å². The molecule has 0 atom stereocenters.